The Morgan fingerprint density at radius 3 is 2.86 bits per heavy atom. The van der Waals surface area contributed by atoms with Gasteiger partial charge in [0.15, 0.2) is 0 Å². The molecule has 1 aliphatic rings. The summed E-state index contributed by atoms with van der Waals surface area (Å²) in [6, 6.07) is 9.92. The molecule has 0 bridgehead atoms. The van der Waals surface area contributed by atoms with Gasteiger partial charge in [-0.25, -0.2) is 9.67 Å². The van der Waals surface area contributed by atoms with Crippen LogP contribution in [0.25, 0.3) is 17.0 Å². The molecule has 0 fully saturated rings. The number of fused-ring (bicyclic) bond motifs is 2. The van der Waals surface area contributed by atoms with Crippen molar-refractivity contribution in [3.63, 3.8) is 0 Å². The molecule has 8 heteroatoms. The predicted octanol–water partition coefficient (Wildman–Crippen LogP) is 1.94. The van der Waals surface area contributed by atoms with Crippen LogP contribution in [0.5, 0.6) is 0 Å². The molecule has 0 saturated carbocycles. The lowest BCUT2D eigenvalue weighted by Gasteiger charge is -2.28. The quantitative estimate of drug-likeness (QED) is 0.560. The zero-order valence-electron chi connectivity index (χ0n) is 15.3. The van der Waals surface area contributed by atoms with Crippen molar-refractivity contribution in [2.24, 2.45) is 0 Å². The molecule has 0 aliphatic carbocycles. The molecule has 1 aliphatic heterocycles. The third-order valence-corrected chi connectivity index (χ3v) is 5.26. The Morgan fingerprint density at radius 2 is 2.00 bits per heavy atom. The summed E-state index contributed by atoms with van der Waals surface area (Å²) in [5.41, 5.74) is 4.31. The van der Waals surface area contributed by atoms with Gasteiger partial charge >= 0.3 is 0 Å². The highest BCUT2D eigenvalue weighted by Gasteiger charge is 2.25. The van der Waals surface area contributed by atoms with Crippen LogP contribution in [0.3, 0.4) is 0 Å². The van der Waals surface area contributed by atoms with E-state index in [1.165, 1.54) is 15.8 Å². The first-order valence-corrected chi connectivity index (χ1v) is 9.10. The van der Waals surface area contributed by atoms with Gasteiger partial charge in [0.05, 0.1) is 23.0 Å². The number of hydrogen-bond acceptors (Lipinski definition) is 4. The lowest BCUT2D eigenvalue weighted by atomic mass is 9.99. The second-order valence-electron chi connectivity index (χ2n) is 6.93. The molecule has 140 valence electrons. The van der Waals surface area contributed by atoms with Crippen molar-refractivity contribution in [2.75, 3.05) is 6.54 Å². The first-order chi connectivity index (χ1) is 13.6. The molecule has 3 aromatic heterocycles. The largest absolute Gasteiger partial charge is 0.355 e. The highest BCUT2D eigenvalue weighted by atomic mass is 16.2. The molecular formula is C20H18N6O2. The number of H-pyrrole nitrogens is 2. The maximum Gasteiger partial charge on any atom is 0.276 e. The number of amides is 1. The first-order valence-electron chi connectivity index (χ1n) is 9.10. The molecule has 0 unspecified atom stereocenters. The summed E-state index contributed by atoms with van der Waals surface area (Å²) in [6.07, 6.45) is 4.05. The minimum absolute atomic E-state index is 0.0664. The van der Waals surface area contributed by atoms with Crippen molar-refractivity contribution in [2.45, 2.75) is 19.9 Å². The van der Waals surface area contributed by atoms with Crippen molar-refractivity contribution in [1.29, 1.82) is 0 Å². The van der Waals surface area contributed by atoms with Gasteiger partial charge in [0.1, 0.15) is 5.52 Å². The van der Waals surface area contributed by atoms with E-state index in [0.717, 1.165) is 6.42 Å². The van der Waals surface area contributed by atoms with Gasteiger partial charge in [-0.3, -0.25) is 14.6 Å². The molecule has 2 N–H and O–H groups in total. The number of rotatable bonds is 2. The maximum atomic E-state index is 13.1. The Labute approximate surface area is 159 Å². The molecule has 1 amide bonds. The smallest absolute Gasteiger partial charge is 0.276 e. The van der Waals surface area contributed by atoms with Gasteiger partial charge in [0, 0.05) is 19.3 Å². The predicted molar refractivity (Wildman–Crippen MR) is 103 cm³/mol. The Morgan fingerprint density at radius 1 is 1.18 bits per heavy atom. The van der Waals surface area contributed by atoms with E-state index in [0.29, 0.717) is 35.4 Å². The summed E-state index contributed by atoms with van der Waals surface area (Å²) in [4.78, 5) is 37.1. The van der Waals surface area contributed by atoms with E-state index in [9.17, 15) is 9.59 Å². The van der Waals surface area contributed by atoms with Crippen LogP contribution in [0.2, 0.25) is 0 Å². The zero-order chi connectivity index (χ0) is 19.3. The monoisotopic (exact) mass is 374 g/mol. The summed E-state index contributed by atoms with van der Waals surface area (Å²) in [5, 5.41) is 4.30. The van der Waals surface area contributed by atoms with E-state index < -0.39 is 0 Å². The maximum absolute atomic E-state index is 13.1. The second kappa shape index (κ2) is 6.19. The summed E-state index contributed by atoms with van der Waals surface area (Å²) < 4.78 is 1.50. The lowest BCUT2D eigenvalue weighted by molar-refractivity contribution is 0.0734. The minimum atomic E-state index is -0.277. The van der Waals surface area contributed by atoms with Crippen LogP contribution in [0.1, 0.15) is 27.2 Å². The van der Waals surface area contributed by atoms with E-state index in [2.05, 4.69) is 32.2 Å². The molecule has 0 radical (unpaired) electrons. The fourth-order valence-electron chi connectivity index (χ4n) is 3.72. The van der Waals surface area contributed by atoms with Crippen LogP contribution in [-0.4, -0.2) is 42.1 Å². The van der Waals surface area contributed by atoms with Gasteiger partial charge in [-0.15, -0.1) is 0 Å². The topological polar surface area (TPSA) is 99.7 Å². The van der Waals surface area contributed by atoms with Crippen LogP contribution in [-0.2, 0) is 13.0 Å². The van der Waals surface area contributed by atoms with Gasteiger partial charge < -0.3 is 9.88 Å². The van der Waals surface area contributed by atoms with Crippen LogP contribution in [0.15, 0.2) is 47.5 Å². The normalized spacial score (nSPS) is 13.7. The molecule has 4 heterocycles. The molecular weight excluding hydrogens is 356 g/mol. The molecule has 0 saturated heterocycles. The van der Waals surface area contributed by atoms with Crippen molar-refractivity contribution < 1.29 is 4.79 Å². The number of hydrogen-bond donors (Lipinski definition) is 2. The molecule has 8 nitrogen and oxygen atoms in total. The number of aromatic nitrogens is 5. The van der Waals surface area contributed by atoms with Gasteiger partial charge in [-0.1, -0.05) is 24.3 Å². The van der Waals surface area contributed by atoms with Crippen molar-refractivity contribution in [3.8, 4) is 5.95 Å². The fraction of sp³-hybridized carbons (Fsp3) is 0.200. The third-order valence-electron chi connectivity index (χ3n) is 5.26. The van der Waals surface area contributed by atoms with E-state index in [-0.39, 0.29) is 17.4 Å². The molecule has 0 atom stereocenters. The van der Waals surface area contributed by atoms with Crippen molar-refractivity contribution in [1.82, 2.24) is 29.6 Å². The number of nitrogens with zero attached hydrogens (tertiary/aromatic N) is 4. The lowest BCUT2D eigenvalue weighted by Crippen LogP contribution is -2.36. The van der Waals surface area contributed by atoms with E-state index >= 15 is 0 Å². The van der Waals surface area contributed by atoms with Crippen molar-refractivity contribution in [3.05, 3.63) is 75.5 Å². The standard InChI is InChI=1S/C20H18N6O2/c1-12-15(19(28)25-9-7-13-4-2-3-5-14(13)11-25)10-22-26(12)20-23-16-6-8-21-17(16)18(27)24-20/h2-6,8,10,21H,7,9,11H2,1H3,(H,23,24,27). The minimum Gasteiger partial charge on any atom is -0.355 e. The van der Waals surface area contributed by atoms with Gasteiger partial charge in [0.25, 0.3) is 11.5 Å². The summed E-state index contributed by atoms with van der Waals surface area (Å²) in [6.45, 7) is 3.06. The average Bonchev–Trinajstić information content (AvgIpc) is 3.34. The second-order valence-corrected chi connectivity index (χ2v) is 6.93. The first kappa shape index (κ1) is 16.5. The van der Waals surface area contributed by atoms with Gasteiger partial charge in [-0.05, 0) is 30.5 Å². The van der Waals surface area contributed by atoms with Crippen LogP contribution >= 0.6 is 0 Å². The van der Waals surface area contributed by atoms with E-state index in [1.54, 1.807) is 25.4 Å². The molecule has 4 aromatic rings. The average molecular weight is 374 g/mol. The highest BCUT2D eigenvalue weighted by molar-refractivity contribution is 5.95. The van der Waals surface area contributed by atoms with E-state index in [1.807, 2.05) is 17.0 Å². The van der Waals surface area contributed by atoms with Crippen molar-refractivity contribution >= 4 is 16.9 Å². The zero-order valence-corrected chi connectivity index (χ0v) is 15.3. The van der Waals surface area contributed by atoms with Crippen LogP contribution in [0.4, 0.5) is 0 Å². The van der Waals surface area contributed by atoms with Gasteiger partial charge in [-0.2, -0.15) is 5.10 Å². The highest BCUT2D eigenvalue weighted by Crippen LogP contribution is 2.22. The molecule has 0 spiro atoms. The SMILES string of the molecule is Cc1c(C(=O)N2CCc3ccccc3C2)cnn1-c1nc2cc[nH]c2c(=O)[nH]1. The Hall–Kier alpha value is -3.68. The molecule has 1 aromatic carbocycles. The number of nitrogens with one attached hydrogen (secondary N) is 2. The van der Waals surface area contributed by atoms with Gasteiger partial charge in [0.2, 0.25) is 5.95 Å². The fourth-order valence-corrected chi connectivity index (χ4v) is 3.72. The molecule has 5 rings (SSSR count). The Bertz CT molecular complexity index is 1270. The Kier molecular flexibility index (Phi) is 3.65. The van der Waals surface area contributed by atoms with Crippen LogP contribution in [0, 0.1) is 6.92 Å². The number of aromatic amines is 2. The summed E-state index contributed by atoms with van der Waals surface area (Å²) in [7, 11) is 0. The van der Waals surface area contributed by atoms with E-state index in [4.69, 9.17) is 0 Å². The number of benzene rings is 1. The summed E-state index contributed by atoms with van der Waals surface area (Å²) in [5.74, 6) is 0.223. The van der Waals surface area contributed by atoms with Crippen LogP contribution < -0.4 is 5.56 Å². The third kappa shape index (κ3) is 2.53. The number of carbonyl (C=O) groups is 1. The molecule has 28 heavy (non-hydrogen) atoms. The summed E-state index contributed by atoms with van der Waals surface area (Å²) >= 11 is 0. The Balaban J connectivity index is 1.48. The number of carbonyl (C=O) groups excluding carboxylic acids is 1.